The average Bonchev–Trinajstić information content (AvgIpc) is 2.87. The van der Waals surface area contributed by atoms with Crippen LogP contribution >= 0.6 is 0 Å². The van der Waals surface area contributed by atoms with Crippen LogP contribution in [0.1, 0.15) is 0 Å². The topological polar surface area (TPSA) is 48.6 Å². The first-order chi connectivity index (χ1) is 8.83. The van der Waals surface area contributed by atoms with Crippen molar-refractivity contribution in [2.24, 2.45) is 0 Å². The molecule has 0 atom stereocenters. The first-order valence-corrected chi connectivity index (χ1v) is 5.76. The Bertz CT molecular complexity index is 693. The lowest BCUT2D eigenvalue weighted by Gasteiger charge is -2.02. The van der Waals surface area contributed by atoms with Crippen LogP contribution in [0.25, 0.3) is 22.4 Å². The average molecular weight is 236 g/mol. The molecule has 0 saturated carbocycles. The second-order valence-corrected chi connectivity index (χ2v) is 4.12. The molecule has 0 bridgehead atoms. The molecule has 18 heavy (non-hydrogen) atoms. The van der Waals surface area contributed by atoms with Gasteiger partial charge in [0.05, 0.1) is 5.69 Å². The van der Waals surface area contributed by atoms with Crippen LogP contribution in [0.3, 0.4) is 0 Å². The van der Waals surface area contributed by atoms with Crippen molar-refractivity contribution >= 4 is 0 Å². The molecule has 3 nitrogen and oxygen atoms in total. The molecule has 0 radical (unpaired) electrons. The smallest absolute Gasteiger partial charge is 0.264 e. The summed E-state index contributed by atoms with van der Waals surface area (Å²) in [6.07, 6.45) is 0. The maximum atomic E-state index is 11.1. The van der Waals surface area contributed by atoms with E-state index in [0.717, 1.165) is 16.8 Å². The van der Waals surface area contributed by atoms with E-state index >= 15 is 0 Å². The van der Waals surface area contributed by atoms with E-state index in [0.29, 0.717) is 0 Å². The van der Waals surface area contributed by atoms with E-state index in [1.807, 2.05) is 30.3 Å². The molecule has 3 rings (SSSR count). The Kier molecular flexibility index (Phi) is 2.57. The number of hydrogen-bond donors (Lipinski definition) is 2. The van der Waals surface area contributed by atoms with Crippen molar-refractivity contribution in [2.75, 3.05) is 0 Å². The van der Waals surface area contributed by atoms with Gasteiger partial charge in [-0.25, -0.2) is 0 Å². The lowest BCUT2D eigenvalue weighted by atomic mass is 10.0. The molecule has 1 heterocycles. The Morgan fingerprint density at radius 1 is 0.667 bits per heavy atom. The van der Waals surface area contributed by atoms with E-state index in [-0.39, 0.29) is 5.56 Å². The highest BCUT2D eigenvalue weighted by Crippen LogP contribution is 2.22. The van der Waals surface area contributed by atoms with Crippen LogP contribution in [0.5, 0.6) is 0 Å². The van der Waals surface area contributed by atoms with Gasteiger partial charge in [0.2, 0.25) is 0 Å². The van der Waals surface area contributed by atoms with Crippen molar-refractivity contribution in [2.45, 2.75) is 0 Å². The number of nitrogens with one attached hydrogen (secondary N) is 2. The number of hydrogen-bond acceptors (Lipinski definition) is 1. The van der Waals surface area contributed by atoms with Gasteiger partial charge >= 0.3 is 0 Å². The minimum atomic E-state index is -0.114. The van der Waals surface area contributed by atoms with Crippen molar-refractivity contribution in [3.8, 4) is 22.4 Å². The van der Waals surface area contributed by atoms with Crippen molar-refractivity contribution in [3.05, 3.63) is 71.0 Å². The highest BCUT2D eigenvalue weighted by Gasteiger charge is 2.01. The molecule has 0 aliphatic carbocycles. The molecule has 3 heteroatoms. The zero-order valence-corrected chi connectivity index (χ0v) is 9.68. The zero-order chi connectivity index (χ0) is 12.4. The van der Waals surface area contributed by atoms with Crippen molar-refractivity contribution < 1.29 is 0 Å². The van der Waals surface area contributed by atoms with Crippen LogP contribution < -0.4 is 5.56 Å². The van der Waals surface area contributed by atoms with Gasteiger partial charge in [-0.1, -0.05) is 54.6 Å². The van der Waals surface area contributed by atoms with Crippen molar-refractivity contribution in [1.82, 2.24) is 10.2 Å². The fourth-order valence-electron chi connectivity index (χ4n) is 1.96. The SMILES string of the molecule is O=c1cc(-c2ccc(-c3ccccc3)cc2)[nH][nH]1. The number of aromatic amines is 2. The monoisotopic (exact) mass is 236 g/mol. The number of benzene rings is 2. The maximum absolute atomic E-state index is 11.1. The molecular weight excluding hydrogens is 224 g/mol. The lowest BCUT2D eigenvalue weighted by Crippen LogP contribution is -1.93. The molecule has 88 valence electrons. The normalized spacial score (nSPS) is 10.4. The predicted octanol–water partition coefficient (Wildman–Crippen LogP) is 3.04. The highest BCUT2D eigenvalue weighted by molar-refractivity contribution is 5.68. The van der Waals surface area contributed by atoms with Crippen LogP contribution in [0.4, 0.5) is 0 Å². The molecule has 0 amide bonds. The Balaban J connectivity index is 1.97. The standard InChI is InChI=1S/C15H12N2O/c18-15-10-14(16-17-15)13-8-6-12(7-9-13)11-4-2-1-3-5-11/h1-10H,(H2,16,17,18). The molecule has 0 unspecified atom stereocenters. The molecule has 0 spiro atoms. The van der Waals surface area contributed by atoms with Gasteiger partial charge in [0.15, 0.2) is 0 Å². The Morgan fingerprint density at radius 2 is 1.28 bits per heavy atom. The zero-order valence-electron chi connectivity index (χ0n) is 9.68. The van der Waals surface area contributed by atoms with Crippen LogP contribution in [0, 0.1) is 0 Å². The third-order valence-electron chi connectivity index (χ3n) is 2.90. The fourth-order valence-corrected chi connectivity index (χ4v) is 1.96. The van der Waals surface area contributed by atoms with Crippen molar-refractivity contribution in [3.63, 3.8) is 0 Å². The van der Waals surface area contributed by atoms with Gasteiger partial charge < -0.3 is 0 Å². The van der Waals surface area contributed by atoms with Gasteiger partial charge in [-0.15, -0.1) is 0 Å². The van der Waals surface area contributed by atoms with Crippen LogP contribution in [0.15, 0.2) is 65.5 Å². The molecule has 0 fully saturated rings. The van der Waals surface area contributed by atoms with Crippen LogP contribution in [-0.2, 0) is 0 Å². The third kappa shape index (κ3) is 1.98. The Hall–Kier alpha value is -2.55. The first kappa shape index (κ1) is 10.6. The van der Waals surface area contributed by atoms with Crippen LogP contribution in [-0.4, -0.2) is 10.2 Å². The molecule has 2 aromatic carbocycles. The summed E-state index contributed by atoms with van der Waals surface area (Å²) in [7, 11) is 0. The predicted molar refractivity (Wildman–Crippen MR) is 72.3 cm³/mol. The minimum Gasteiger partial charge on any atom is -0.298 e. The highest BCUT2D eigenvalue weighted by atomic mass is 16.1. The number of aromatic nitrogens is 2. The van der Waals surface area contributed by atoms with Crippen LogP contribution in [0.2, 0.25) is 0 Å². The summed E-state index contributed by atoms with van der Waals surface area (Å²) in [5.74, 6) is 0. The Morgan fingerprint density at radius 3 is 1.89 bits per heavy atom. The van der Waals surface area contributed by atoms with Gasteiger partial charge in [0, 0.05) is 6.07 Å². The summed E-state index contributed by atoms with van der Waals surface area (Å²) in [6, 6.07) is 19.9. The fraction of sp³-hybridized carbons (Fsp3) is 0. The van der Waals surface area contributed by atoms with E-state index < -0.39 is 0 Å². The summed E-state index contributed by atoms with van der Waals surface area (Å²) in [5.41, 5.74) is 4.04. The summed E-state index contributed by atoms with van der Waals surface area (Å²) in [4.78, 5) is 11.1. The van der Waals surface area contributed by atoms with E-state index in [4.69, 9.17) is 0 Å². The quantitative estimate of drug-likeness (QED) is 0.706. The maximum Gasteiger partial charge on any atom is 0.264 e. The van der Waals surface area contributed by atoms with Gasteiger partial charge in [-0.05, 0) is 16.7 Å². The van der Waals surface area contributed by atoms with Gasteiger partial charge in [0.1, 0.15) is 0 Å². The number of rotatable bonds is 2. The Labute approximate surface area is 104 Å². The van der Waals surface area contributed by atoms with E-state index in [2.05, 4.69) is 34.5 Å². The van der Waals surface area contributed by atoms with Gasteiger partial charge in [-0.2, -0.15) is 0 Å². The van der Waals surface area contributed by atoms with Gasteiger partial charge in [-0.3, -0.25) is 15.0 Å². The molecule has 0 aliphatic rings. The van der Waals surface area contributed by atoms with Crippen molar-refractivity contribution in [1.29, 1.82) is 0 Å². The molecule has 3 aromatic rings. The van der Waals surface area contributed by atoms with E-state index in [1.165, 1.54) is 5.56 Å². The first-order valence-electron chi connectivity index (χ1n) is 5.76. The number of H-pyrrole nitrogens is 2. The summed E-state index contributed by atoms with van der Waals surface area (Å²) < 4.78 is 0. The molecular formula is C15H12N2O. The largest absolute Gasteiger partial charge is 0.298 e. The second kappa shape index (κ2) is 4.37. The van der Waals surface area contributed by atoms with Gasteiger partial charge in [0.25, 0.3) is 5.56 Å². The molecule has 2 N–H and O–H groups in total. The summed E-state index contributed by atoms with van der Waals surface area (Å²) in [6.45, 7) is 0. The van der Waals surface area contributed by atoms with E-state index in [9.17, 15) is 4.79 Å². The molecule has 0 aliphatic heterocycles. The minimum absolute atomic E-state index is 0.114. The summed E-state index contributed by atoms with van der Waals surface area (Å²) in [5, 5.41) is 5.38. The molecule has 0 saturated heterocycles. The van der Waals surface area contributed by atoms with E-state index in [1.54, 1.807) is 6.07 Å². The second-order valence-electron chi connectivity index (χ2n) is 4.12. The third-order valence-corrected chi connectivity index (χ3v) is 2.90. The lowest BCUT2D eigenvalue weighted by molar-refractivity contribution is 1.06. The molecule has 1 aromatic heterocycles. The summed E-state index contributed by atoms with van der Waals surface area (Å²) >= 11 is 0.